The lowest BCUT2D eigenvalue weighted by molar-refractivity contribution is 0.00578. The van der Waals surface area contributed by atoms with Crippen molar-refractivity contribution >= 4 is 17.9 Å². The van der Waals surface area contributed by atoms with E-state index >= 15 is 0 Å². The monoisotopic (exact) mass is 322 g/mol. The molecule has 2 aromatic rings. The molecular formula is C21H27BO2. The molecule has 1 aliphatic rings. The first-order valence-corrected chi connectivity index (χ1v) is 8.78. The smallest absolute Gasteiger partial charge is 0.403 e. The predicted octanol–water partition coefficient (Wildman–Crippen LogP) is 5.59. The summed E-state index contributed by atoms with van der Waals surface area (Å²) in [6.07, 6.45) is 3.75. The van der Waals surface area contributed by atoms with Gasteiger partial charge in [-0.15, -0.1) is 6.58 Å². The molecule has 0 radical (unpaired) electrons. The Hall–Kier alpha value is -1.58. The van der Waals surface area contributed by atoms with Crippen molar-refractivity contribution in [1.29, 1.82) is 0 Å². The van der Waals surface area contributed by atoms with Crippen molar-refractivity contribution in [2.75, 3.05) is 0 Å². The van der Waals surface area contributed by atoms with Crippen molar-refractivity contribution in [3.63, 3.8) is 0 Å². The Kier molecular flexibility index (Phi) is 4.59. The van der Waals surface area contributed by atoms with E-state index in [1.54, 1.807) is 0 Å². The van der Waals surface area contributed by atoms with Gasteiger partial charge in [-0.1, -0.05) is 48.5 Å². The molecule has 2 aromatic carbocycles. The normalized spacial score (nSPS) is 20.2. The molecule has 2 nitrogen and oxygen atoms in total. The van der Waals surface area contributed by atoms with Gasteiger partial charge in [-0.25, -0.2) is 0 Å². The highest BCUT2D eigenvalue weighted by Gasteiger charge is 2.51. The third-order valence-electron chi connectivity index (χ3n) is 5.49. The third kappa shape index (κ3) is 3.15. The molecule has 3 heteroatoms. The van der Waals surface area contributed by atoms with Crippen molar-refractivity contribution in [2.45, 2.75) is 57.6 Å². The molecule has 0 amide bonds. The summed E-state index contributed by atoms with van der Waals surface area (Å²) in [5, 5.41) is 2.58. The third-order valence-corrected chi connectivity index (χ3v) is 5.49. The maximum Gasteiger partial charge on any atom is 0.458 e. The Bertz CT molecular complexity index is 714. The Morgan fingerprint density at radius 1 is 1.00 bits per heavy atom. The largest absolute Gasteiger partial charge is 0.458 e. The molecule has 1 aliphatic heterocycles. The number of hydrogen-bond donors (Lipinski definition) is 0. The van der Waals surface area contributed by atoms with Gasteiger partial charge in [0, 0.05) is 0 Å². The van der Waals surface area contributed by atoms with Gasteiger partial charge in [-0.05, 0) is 62.7 Å². The van der Waals surface area contributed by atoms with Gasteiger partial charge in [-0.2, -0.15) is 0 Å². The average Bonchev–Trinajstić information content (AvgIpc) is 2.73. The fourth-order valence-corrected chi connectivity index (χ4v) is 3.45. The Morgan fingerprint density at radius 3 is 2.29 bits per heavy atom. The van der Waals surface area contributed by atoms with E-state index < -0.39 is 0 Å². The molecule has 1 unspecified atom stereocenters. The summed E-state index contributed by atoms with van der Waals surface area (Å²) in [5.41, 5.74) is 0.785. The number of benzene rings is 2. The first-order chi connectivity index (χ1) is 11.3. The molecule has 1 saturated heterocycles. The van der Waals surface area contributed by atoms with Gasteiger partial charge in [0.2, 0.25) is 0 Å². The number of hydrogen-bond acceptors (Lipinski definition) is 2. The zero-order valence-corrected chi connectivity index (χ0v) is 15.2. The standard InChI is InChI=1S/C21H27BO2/c1-6-10-17(15-22-23-20(2,3)21(4,5)24-22)19-14-9-12-16-11-7-8-13-18(16)19/h6-9,11-14,17H,1,10,15H2,2-5H3. The molecule has 1 heterocycles. The van der Waals surface area contributed by atoms with E-state index in [0.29, 0.717) is 5.92 Å². The van der Waals surface area contributed by atoms with E-state index in [1.165, 1.54) is 16.3 Å². The summed E-state index contributed by atoms with van der Waals surface area (Å²) in [6.45, 7) is 12.4. The van der Waals surface area contributed by atoms with Gasteiger partial charge in [0.25, 0.3) is 0 Å². The molecule has 0 aromatic heterocycles. The molecule has 1 atom stereocenters. The molecule has 0 N–H and O–H groups in total. The number of rotatable bonds is 5. The van der Waals surface area contributed by atoms with Crippen LogP contribution >= 0.6 is 0 Å². The van der Waals surface area contributed by atoms with Crippen molar-refractivity contribution in [1.82, 2.24) is 0 Å². The van der Waals surface area contributed by atoms with Crippen molar-refractivity contribution < 1.29 is 9.31 Å². The van der Waals surface area contributed by atoms with Crippen LogP contribution in [0.3, 0.4) is 0 Å². The molecular weight excluding hydrogens is 295 g/mol. The topological polar surface area (TPSA) is 18.5 Å². The first kappa shape index (κ1) is 17.3. The fraction of sp³-hybridized carbons (Fsp3) is 0.429. The molecule has 126 valence electrons. The van der Waals surface area contributed by atoms with Gasteiger partial charge >= 0.3 is 7.12 Å². The van der Waals surface area contributed by atoms with Crippen LogP contribution in [0.4, 0.5) is 0 Å². The SMILES string of the molecule is C=CCC(CB1OC(C)(C)C(C)(C)O1)c1cccc2ccccc12. The maximum absolute atomic E-state index is 6.22. The summed E-state index contributed by atoms with van der Waals surface area (Å²) in [5.74, 6) is 0.336. The van der Waals surface area contributed by atoms with Gasteiger partial charge < -0.3 is 9.31 Å². The minimum Gasteiger partial charge on any atom is -0.403 e. The predicted molar refractivity (Wildman–Crippen MR) is 102 cm³/mol. The van der Waals surface area contributed by atoms with Crippen LogP contribution in [0.1, 0.15) is 45.6 Å². The lowest BCUT2D eigenvalue weighted by atomic mass is 9.72. The minimum atomic E-state index is -0.283. The van der Waals surface area contributed by atoms with Crippen LogP contribution in [0.25, 0.3) is 10.8 Å². The van der Waals surface area contributed by atoms with Crippen molar-refractivity contribution in [2.24, 2.45) is 0 Å². The lowest BCUT2D eigenvalue weighted by Crippen LogP contribution is -2.41. The van der Waals surface area contributed by atoms with E-state index in [9.17, 15) is 0 Å². The Morgan fingerprint density at radius 2 is 1.62 bits per heavy atom. The van der Waals surface area contributed by atoms with Crippen LogP contribution in [0.5, 0.6) is 0 Å². The highest BCUT2D eigenvalue weighted by Crippen LogP contribution is 2.41. The Labute approximate surface area is 146 Å². The number of allylic oxidation sites excluding steroid dienone is 1. The minimum absolute atomic E-state index is 0.182. The lowest BCUT2D eigenvalue weighted by Gasteiger charge is -2.32. The molecule has 24 heavy (non-hydrogen) atoms. The van der Waals surface area contributed by atoms with Gasteiger partial charge in [-0.3, -0.25) is 0 Å². The van der Waals surface area contributed by atoms with Crippen LogP contribution in [0.2, 0.25) is 6.32 Å². The van der Waals surface area contributed by atoms with E-state index in [1.807, 2.05) is 6.08 Å². The molecule has 0 spiro atoms. The summed E-state index contributed by atoms with van der Waals surface area (Å²) in [7, 11) is -0.182. The highest BCUT2D eigenvalue weighted by atomic mass is 16.7. The van der Waals surface area contributed by atoms with Crippen LogP contribution in [-0.2, 0) is 9.31 Å². The van der Waals surface area contributed by atoms with Gasteiger partial charge in [0.05, 0.1) is 11.2 Å². The van der Waals surface area contributed by atoms with E-state index in [-0.39, 0.29) is 18.3 Å². The highest BCUT2D eigenvalue weighted by molar-refractivity contribution is 6.45. The second-order valence-corrected chi connectivity index (χ2v) is 7.71. The van der Waals surface area contributed by atoms with Crippen LogP contribution in [0.15, 0.2) is 55.1 Å². The fourth-order valence-electron chi connectivity index (χ4n) is 3.45. The van der Waals surface area contributed by atoms with E-state index in [2.05, 4.69) is 76.7 Å². The van der Waals surface area contributed by atoms with E-state index in [4.69, 9.17) is 9.31 Å². The number of fused-ring (bicyclic) bond motifs is 1. The second kappa shape index (κ2) is 6.38. The maximum atomic E-state index is 6.22. The second-order valence-electron chi connectivity index (χ2n) is 7.71. The van der Waals surface area contributed by atoms with Crippen LogP contribution in [-0.4, -0.2) is 18.3 Å². The molecule has 0 aliphatic carbocycles. The molecule has 0 bridgehead atoms. The zero-order chi connectivity index (χ0) is 17.4. The zero-order valence-electron chi connectivity index (χ0n) is 15.2. The first-order valence-electron chi connectivity index (χ1n) is 8.78. The average molecular weight is 322 g/mol. The quantitative estimate of drug-likeness (QED) is 0.527. The summed E-state index contributed by atoms with van der Waals surface area (Å²) >= 11 is 0. The van der Waals surface area contributed by atoms with Gasteiger partial charge in [0.1, 0.15) is 0 Å². The Balaban J connectivity index is 1.89. The molecule has 3 rings (SSSR count). The molecule has 1 fully saturated rings. The van der Waals surface area contributed by atoms with E-state index in [0.717, 1.165) is 12.7 Å². The molecule has 0 saturated carbocycles. The summed E-state index contributed by atoms with van der Waals surface area (Å²) in [4.78, 5) is 0. The van der Waals surface area contributed by atoms with Crippen LogP contribution in [0, 0.1) is 0 Å². The summed E-state index contributed by atoms with van der Waals surface area (Å²) < 4.78 is 12.4. The van der Waals surface area contributed by atoms with Gasteiger partial charge in [0.15, 0.2) is 0 Å². The van der Waals surface area contributed by atoms with Crippen LogP contribution < -0.4 is 0 Å². The van der Waals surface area contributed by atoms with Crippen molar-refractivity contribution in [3.05, 3.63) is 60.7 Å². The van der Waals surface area contributed by atoms with Crippen molar-refractivity contribution in [3.8, 4) is 0 Å². The summed E-state index contributed by atoms with van der Waals surface area (Å²) in [6, 6.07) is 15.1.